The van der Waals surface area contributed by atoms with Gasteiger partial charge in [-0.25, -0.2) is 0 Å². The molecular weight excluding hydrogens is 195 g/mol. The van der Waals surface area contributed by atoms with Crippen molar-refractivity contribution in [1.82, 2.24) is 0 Å². The van der Waals surface area contributed by atoms with E-state index in [1.54, 1.807) is 6.66 Å². The SMILES string of the molecule is C[P+](=O)Oc1cccc2ccccc12. The molecule has 70 valence electrons. The lowest BCUT2D eigenvalue weighted by atomic mass is 10.1. The third-order valence-electron chi connectivity index (χ3n) is 1.98. The fourth-order valence-electron chi connectivity index (χ4n) is 1.41. The van der Waals surface area contributed by atoms with Gasteiger partial charge in [-0.2, -0.15) is 0 Å². The summed E-state index contributed by atoms with van der Waals surface area (Å²) in [5.74, 6) is 0.687. The summed E-state index contributed by atoms with van der Waals surface area (Å²) in [6, 6.07) is 13.6. The van der Waals surface area contributed by atoms with Crippen LogP contribution in [0.15, 0.2) is 42.5 Å². The highest BCUT2D eigenvalue weighted by Gasteiger charge is 2.11. The van der Waals surface area contributed by atoms with Crippen LogP contribution in [0.4, 0.5) is 0 Å². The Labute approximate surface area is 83.4 Å². The molecule has 0 aliphatic rings. The Kier molecular flexibility index (Phi) is 2.47. The molecule has 14 heavy (non-hydrogen) atoms. The molecule has 3 heteroatoms. The molecule has 0 heterocycles. The highest BCUT2D eigenvalue weighted by atomic mass is 31.1. The Morgan fingerprint density at radius 1 is 1.07 bits per heavy atom. The first-order valence-electron chi connectivity index (χ1n) is 4.34. The van der Waals surface area contributed by atoms with E-state index in [0.29, 0.717) is 5.75 Å². The minimum atomic E-state index is -1.60. The van der Waals surface area contributed by atoms with Crippen LogP contribution in [-0.4, -0.2) is 6.66 Å². The second kappa shape index (κ2) is 3.77. The molecular formula is C11H10O2P+. The quantitative estimate of drug-likeness (QED) is 0.700. The van der Waals surface area contributed by atoms with Crippen molar-refractivity contribution in [2.24, 2.45) is 0 Å². The van der Waals surface area contributed by atoms with E-state index in [4.69, 9.17) is 4.52 Å². The van der Waals surface area contributed by atoms with Crippen LogP contribution in [0.5, 0.6) is 5.75 Å². The van der Waals surface area contributed by atoms with Crippen LogP contribution in [0, 0.1) is 0 Å². The summed E-state index contributed by atoms with van der Waals surface area (Å²) >= 11 is 0. The molecule has 0 fully saturated rings. The Morgan fingerprint density at radius 3 is 2.57 bits per heavy atom. The molecule has 0 spiro atoms. The molecule has 1 unspecified atom stereocenters. The van der Waals surface area contributed by atoms with Gasteiger partial charge in [0, 0.05) is 5.39 Å². The van der Waals surface area contributed by atoms with Crippen molar-refractivity contribution in [3.63, 3.8) is 0 Å². The molecule has 0 bridgehead atoms. The van der Waals surface area contributed by atoms with E-state index in [1.165, 1.54) is 0 Å². The minimum absolute atomic E-state index is 0.687. The number of fused-ring (bicyclic) bond motifs is 1. The Hall–Kier alpha value is -1.40. The predicted octanol–water partition coefficient (Wildman–Crippen LogP) is 3.59. The number of rotatable bonds is 2. The Balaban J connectivity index is 2.59. The minimum Gasteiger partial charge on any atom is -0.254 e. The van der Waals surface area contributed by atoms with Crippen LogP contribution in [0.25, 0.3) is 10.8 Å². The lowest BCUT2D eigenvalue weighted by Crippen LogP contribution is -1.81. The van der Waals surface area contributed by atoms with Gasteiger partial charge >= 0.3 is 8.03 Å². The molecule has 2 aromatic rings. The molecule has 2 nitrogen and oxygen atoms in total. The summed E-state index contributed by atoms with van der Waals surface area (Å²) < 4.78 is 16.2. The average Bonchev–Trinajstić information content (AvgIpc) is 2.18. The topological polar surface area (TPSA) is 26.3 Å². The summed E-state index contributed by atoms with van der Waals surface area (Å²) in [5, 5.41) is 2.10. The maximum absolute atomic E-state index is 11.0. The molecule has 0 amide bonds. The van der Waals surface area contributed by atoms with Crippen LogP contribution in [0.2, 0.25) is 0 Å². The van der Waals surface area contributed by atoms with E-state index >= 15 is 0 Å². The van der Waals surface area contributed by atoms with Crippen molar-refractivity contribution in [3.05, 3.63) is 42.5 Å². The zero-order valence-corrected chi connectivity index (χ0v) is 8.70. The van der Waals surface area contributed by atoms with Crippen LogP contribution >= 0.6 is 8.03 Å². The van der Waals surface area contributed by atoms with Crippen LogP contribution in [-0.2, 0) is 4.57 Å². The summed E-state index contributed by atoms with van der Waals surface area (Å²) in [4.78, 5) is 0. The molecule has 0 saturated heterocycles. The van der Waals surface area contributed by atoms with E-state index in [9.17, 15) is 4.57 Å². The van der Waals surface area contributed by atoms with Gasteiger partial charge in [-0.15, -0.1) is 0 Å². The zero-order valence-electron chi connectivity index (χ0n) is 7.81. The maximum atomic E-state index is 11.0. The van der Waals surface area contributed by atoms with Crippen LogP contribution in [0.3, 0.4) is 0 Å². The van der Waals surface area contributed by atoms with E-state index < -0.39 is 8.03 Å². The fourth-order valence-corrected chi connectivity index (χ4v) is 1.85. The van der Waals surface area contributed by atoms with Crippen molar-refractivity contribution in [3.8, 4) is 5.75 Å². The molecule has 0 N–H and O–H groups in total. The van der Waals surface area contributed by atoms with Gasteiger partial charge < -0.3 is 0 Å². The summed E-state index contributed by atoms with van der Waals surface area (Å²) in [7, 11) is -1.60. The third-order valence-corrected chi connectivity index (χ3v) is 2.43. The van der Waals surface area contributed by atoms with Gasteiger partial charge in [-0.05, 0) is 16.0 Å². The van der Waals surface area contributed by atoms with Crippen molar-refractivity contribution in [2.75, 3.05) is 6.66 Å². The Bertz CT molecular complexity index is 474. The first-order chi connectivity index (χ1) is 6.77. The molecule has 2 rings (SSSR count). The Morgan fingerprint density at radius 2 is 1.79 bits per heavy atom. The fraction of sp³-hybridized carbons (Fsp3) is 0.0909. The number of hydrogen-bond acceptors (Lipinski definition) is 2. The van der Waals surface area contributed by atoms with E-state index in [2.05, 4.69) is 0 Å². The van der Waals surface area contributed by atoms with Crippen molar-refractivity contribution in [2.45, 2.75) is 0 Å². The predicted molar refractivity (Wildman–Crippen MR) is 58.1 cm³/mol. The second-order valence-electron chi connectivity index (χ2n) is 3.01. The van der Waals surface area contributed by atoms with E-state index in [0.717, 1.165) is 10.8 Å². The summed E-state index contributed by atoms with van der Waals surface area (Å²) in [6.45, 7) is 1.55. The first-order valence-corrected chi connectivity index (χ1v) is 5.96. The van der Waals surface area contributed by atoms with Crippen LogP contribution < -0.4 is 4.52 Å². The molecule has 1 atom stereocenters. The van der Waals surface area contributed by atoms with Gasteiger partial charge in [0.25, 0.3) is 0 Å². The molecule has 0 aliphatic heterocycles. The van der Waals surface area contributed by atoms with E-state index in [1.807, 2.05) is 42.5 Å². The van der Waals surface area contributed by atoms with Crippen molar-refractivity contribution in [1.29, 1.82) is 0 Å². The highest BCUT2D eigenvalue weighted by molar-refractivity contribution is 7.38. The van der Waals surface area contributed by atoms with Crippen molar-refractivity contribution >= 4 is 18.8 Å². The van der Waals surface area contributed by atoms with Gasteiger partial charge in [-0.1, -0.05) is 36.4 Å². The van der Waals surface area contributed by atoms with Gasteiger partial charge in [0.05, 0.1) is 0 Å². The van der Waals surface area contributed by atoms with Gasteiger partial charge in [-0.3, -0.25) is 4.52 Å². The second-order valence-corrected chi connectivity index (χ2v) is 4.07. The average molecular weight is 205 g/mol. The smallest absolute Gasteiger partial charge is 0.254 e. The summed E-state index contributed by atoms with van der Waals surface area (Å²) in [6.07, 6.45) is 0. The van der Waals surface area contributed by atoms with Crippen LogP contribution in [0.1, 0.15) is 0 Å². The molecule has 0 aromatic heterocycles. The standard InChI is InChI=1S/C11H10O2P/c1-14(12)13-11-8-4-6-9-5-2-3-7-10(9)11/h2-8H,1H3/q+1. The first kappa shape index (κ1) is 9.17. The molecule has 0 aliphatic carbocycles. The van der Waals surface area contributed by atoms with Crippen molar-refractivity contribution < 1.29 is 9.09 Å². The highest BCUT2D eigenvalue weighted by Crippen LogP contribution is 2.30. The van der Waals surface area contributed by atoms with Gasteiger partial charge in [0.2, 0.25) is 0 Å². The molecule has 2 aromatic carbocycles. The number of hydrogen-bond donors (Lipinski definition) is 0. The van der Waals surface area contributed by atoms with Gasteiger partial charge in [0.15, 0.2) is 12.4 Å². The lowest BCUT2D eigenvalue weighted by molar-refractivity contribution is 0.513. The maximum Gasteiger partial charge on any atom is 0.552 e. The third kappa shape index (κ3) is 1.75. The van der Waals surface area contributed by atoms with E-state index in [-0.39, 0.29) is 0 Å². The monoisotopic (exact) mass is 205 g/mol. The largest absolute Gasteiger partial charge is 0.552 e. The zero-order chi connectivity index (χ0) is 9.97. The molecule has 0 radical (unpaired) electrons. The number of benzene rings is 2. The lowest BCUT2D eigenvalue weighted by Gasteiger charge is -1.99. The summed E-state index contributed by atoms with van der Waals surface area (Å²) in [5.41, 5.74) is 0. The van der Waals surface area contributed by atoms with Gasteiger partial charge in [0.1, 0.15) is 0 Å². The normalized spacial score (nSPS) is 11.4. The molecule has 0 saturated carbocycles.